The lowest BCUT2D eigenvalue weighted by atomic mass is 9.85. The molecule has 0 radical (unpaired) electrons. The summed E-state index contributed by atoms with van der Waals surface area (Å²) in [4.78, 5) is 0. The quantitative estimate of drug-likeness (QED) is 0.303. The van der Waals surface area contributed by atoms with E-state index in [-0.39, 0.29) is 0 Å². The van der Waals surface area contributed by atoms with Gasteiger partial charge in [0, 0.05) is 0 Å². The van der Waals surface area contributed by atoms with Crippen molar-refractivity contribution in [1.82, 2.24) is 0 Å². The van der Waals surface area contributed by atoms with Crippen LogP contribution in [0.15, 0.2) is 103 Å². The highest BCUT2D eigenvalue weighted by molar-refractivity contribution is 5.97. The van der Waals surface area contributed by atoms with Gasteiger partial charge >= 0.3 is 0 Å². The second kappa shape index (κ2) is 8.78. The Kier molecular flexibility index (Phi) is 5.54. The van der Waals surface area contributed by atoms with E-state index in [4.69, 9.17) is 0 Å². The van der Waals surface area contributed by atoms with Crippen molar-refractivity contribution in [3.8, 4) is 33.4 Å². The Hall–Kier alpha value is -3.38. The smallest absolute Gasteiger partial charge is 0.00237 e. The van der Waals surface area contributed by atoms with Crippen molar-refractivity contribution in [2.24, 2.45) is 0 Å². The summed E-state index contributed by atoms with van der Waals surface area (Å²) in [5.41, 5.74) is 12.3. The molecular formula is C31H28. The van der Waals surface area contributed by atoms with Crippen LogP contribution in [0.1, 0.15) is 37.3 Å². The summed E-state index contributed by atoms with van der Waals surface area (Å²) in [5.74, 6) is 0. The summed E-state index contributed by atoms with van der Waals surface area (Å²) in [7, 11) is 0. The molecule has 0 unspecified atom stereocenters. The SMILES string of the molecule is CCCCC1=Cc2c(ccc(-c3ccccc3)c2-c2ccccc2-c2ccccc2)C1. The zero-order chi connectivity index (χ0) is 21.0. The van der Waals surface area contributed by atoms with Gasteiger partial charge in [0.15, 0.2) is 0 Å². The predicted octanol–water partition coefficient (Wildman–Crippen LogP) is 8.82. The number of allylic oxidation sites excluding steroid dienone is 1. The van der Waals surface area contributed by atoms with Gasteiger partial charge in [-0.1, -0.05) is 122 Å². The van der Waals surface area contributed by atoms with Crippen molar-refractivity contribution in [2.75, 3.05) is 0 Å². The molecule has 4 aromatic carbocycles. The Balaban J connectivity index is 1.76. The average Bonchev–Trinajstić information content (AvgIpc) is 3.26. The van der Waals surface area contributed by atoms with E-state index >= 15 is 0 Å². The maximum atomic E-state index is 2.48. The molecule has 0 nitrogen and oxygen atoms in total. The first-order valence-corrected chi connectivity index (χ1v) is 11.4. The van der Waals surface area contributed by atoms with E-state index in [0.717, 1.165) is 6.42 Å². The molecule has 0 aliphatic heterocycles. The normalized spacial score (nSPS) is 12.5. The molecule has 0 heterocycles. The molecule has 0 saturated carbocycles. The lowest BCUT2D eigenvalue weighted by molar-refractivity contribution is 0.779. The fourth-order valence-electron chi connectivity index (χ4n) is 4.76. The Morgan fingerprint density at radius 2 is 1.23 bits per heavy atom. The molecule has 0 heteroatoms. The van der Waals surface area contributed by atoms with Crippen LogP contribution in [-0.4, -0.2) is 0 Å². The first-order valence-electron chi connectivity index (χ1n) is 11.4. The van der Waals surface area contributed by atoms with E-state index in [2.05, 4.69) is 110 Å². The number of rotatable bonds is 6. The Labute approximate surface area is 185 Å². The zero-order valence-corrected chi connectivity index (χ0v) is 18.1. The molecule has 0 bridgehead atoms. The van der Waals surface area contributed by atoms with Crippen molar-refractivity contribution < 1.29 is 0 Å². The van der Waals surface area contributed by atoms with Gasteiger partial charge in [-0.2, -0.15) is 0 Å². The Morgan fingerprint density at radius 1 is 0.613 bits per heavy atom. The second-order valence-electron chi connectivity index (χ2n) is 8.42. The molecule has 0 atom stereocenters. The largest absolute Gasteiger partial charge is 0.0654 e. The van der Waals surface area contributed by atoms with Crippen LogP contribution in [0.3, 0.4) is 0 Å². The van der Waals surface area contributed by atoms with E-state index in [0.29, 0.717) is 0 Å². The van der Waals surface area contributed by atoms with Crippen LogP contribution in [0.25, 0.3) is 39.5 Å². The number of unbranched alkanes of at least 4 members (excludes halogenated alkanes) is 1. The molecule has 0 N–H and O–H groups in total. The molecule has 0 aromatic heterocycles. The molecule has 1 aliphatic carbocycles. The number of hydrogen-bond donors (Lipinski definition) is 0. The van der Waals surface area contributed by atoms with Gasteiger partial charge in [-0.25, -0.2) is 0 Å². The maximum absolute atomic E-state index is 2.48. The highest BCUT2D eigenvalue weighted by Crippen LogP contribution is 2.44. The van der Waals surface area contributed by atoms with Crippen LogP contribution in [0, 0.1) is 0 Å². The molecule has 31 heavy (non-hydrogen) atoms. The van der Waals surface area contributed by atoms with Crippen LogP contribution >= 0.6 is 0 Å². The van der Waals surface area contributed by atoms with Gasteiger partial charge in [0.2, 0.25) is 0 Å². The molecule has 5 rings (SSSR count). The summed E-state index contributed by atoms with van der Waals surface area (Å²) in [6.45, 7) is 2.28. The van der Waals surface area contributed by atoms with Crippen LogP contribution in [0.2, 0.25) is 0 Å². The second-order valence-corrected chi connectivity index (χ2v) is 8.42. The number of fused-ring (bicyclic) bond motifs is 1. The highest BCUT2D eigenvalue weighted by Gasteiger charge is 2.22. The third kappa shape index (κ3) is 3.86. The lowest BCUT2D eigenvalue weighted by Crippen LogP contribution is -1.94. The minimum absolute atomic E-state index is 1.09. The van der Waals surface area contributed by atoms with Crippen LogP contribution in [-0.2, 0) is 6.42 Å². The standard InChI is InChI=1S/C31H28/c1-2-3-12-23-21-26-19-20-28(25-15-8-5-9-16-25)31(30(26)22-23)29-18-11-10-17-27(29)24-13-6-4-7-14-24/h4-11,13-20,22H,2-3,12,21H2,1H3. The number of benzene rings is 4. The molecular weight excluding hydrogens is 372 g/mol. The van der Waals surface area contributed by atoms with E-state index in [1.165, 1.54) is 63.8 Å². The summed E-state index contributed by atoms with van der Waals surface area (Å²) < 4.78 is 0. The van der Waals surface area contributed by atoms with Crippen LogP contribution < -0.4 is 0 Å². The topological polar surface area (TPSA) is 0 Å². The van der Waals surface area contributed by atoms with Gasteiger partial charge in [0.1, 0.15) is 0 Å². The van der Waals surface area contributed by atoms with Gasteiger partial charge in [-0.3, -0.25) is 0 Å². The lowest BCUT2D eigenvalue weighted by Gasteiger charge is -2.18. The average molecular weight is 401 g/mol. The first kappa shape index (κ1) is 19.6. The van der Waals surface area contributed by atoms with Gasteiger partial charge in [-0.05, 0) is 63.8 Å². The van der Waals surface area contributed by atoms with Crippen molar-refractivity contribution in [2.45, 2.75) is 32.6 Å². The molecule has 1 aliphatic rings. The van der Waals surface area contributed by atoms with E-state index in [1.54, 1.807) is 5.57 Å². The summed E-state index contributed by atoms with van der Waals surface area (Å²) >= 11 is 0. The Bertz CT molecular complexity index is 1210. The third-order valence-corrected chi connectivity index (χ3v) is 6.32. The van der Waals surface area contributed by atoms with E-state index in [9.17, 15) is 0 Å². The molecule has 0 fully saturated rings. The molecule has 0 saturated heterocycles. The van der Waals surface area contributed by atoms with Gasteiger partial charge in [0.25, 0.3) is 0 Å². The van der Waals surface area contributed by atoms with E-state index in [1.807, 2.05) is 0 Å². The first-order chi connectivity index (χ1) is 15.3. The summed E-state index contributed by atoms with van der Waals surface area (Å²) in [5, 5.41) is 0. The molecule has 152 valence electrons. The Morgan fingerprint density at radius 3 is 1.90 bits per heavy atom. The van der Waals surface area contributed by atoms with Crippen LogP contribution in [0.5, 0.6) is 0 Å². The molecule has 0 amide bonds. The minimum atomic E-state index is 1.09. The highest BCUT2D eigenvalue weighted by atomic mass is 14.3. The summed E-state index contributed by atoms with van der Waals surface area (Å²) in [6, 6.07) is 35.2. The zero-order valence-electron chi connectivity index (χ0n) is 18.1. The van der Waals surface area contributed by atoms with Gasteiger partial charge in [-0.15, -0.1) is 0 Å². The van der Waals surface area contributed by atoms with Gasteiger partial charge in [0.05, 0.1) is 0 Å². The minimum Gasteiger partial charge on any atom is -0.0654 e. The van der Waals surface area contributed by atoms with Crippen molar-refractivity contribution in [3.05, 3.63) is 114 Å². The van der Waals surface area contributed by atoms with Crippen molar-refractivity contribution in [1.29, 1.82) is 0 Å². The molecule has 4 aromatic rings. The number of hydrogen-bond acceptors (Lipinski definition) is 0. The fourth-order valence-corrected chi connectivity index (χ4v) is 4.76. The van der Waals surface area contributed by atoms with Crippen molar-refractivity contribution >= 4 is 6.08 Å². The fraction of sp³-hybridized carbons (Fsp3) is 0.161. The monoisotopic (exact) mass is 400 g/mol. The van der Waals surface area contributed by atoms with Crippen LogP contribution in [0.4, 0.5) is 0 Å². The predicted molar refractivity (Wildman–Crippen MR) is 134 cm³/mol. The maximum Gasteiger partial charge on any atom is -0.00237 e. The van der Waals surface area contributed by atoms with E-state index < -0.39 is 0 Å². The third-order valence-electron chi connectivity index (χ3n) is 6.32. The van der Waals surface area contributed by atoms with Crippen molar-refractivity contribution in [3.63, 3.8) is 0 Å². The van der Waals surface area contributed by atoms with Gasteiger partial charge < -0.3 is 0 Å². The molecule has 0 spiro atoms. The summed E-state index contributed by atoms with van der Waals surface area (Å²) in [6.07, 6.45) is 7.28.